The third-order valence-electron chi connectivity index (χ3n) is 2.65. The fraction of sp³-hybridized carbons (Fsp3) is 0.273. The Morgan fingerprint density at radius 1 is 1.41 bits per heavy atom. The maximum Gasteiger partial charge on any atom is 0.335 e. The average Bonchev–Trinajstić information content (AvgIpc) is 2.57. The number of amides is 1. The van der Waals surface area contributed by atoms with Gasteiger partial charge in [-0.2, -0.15) is 0 Å². The molecule has 1 aromatic carbocycles. The SMILES string of the molecule is Nc1cc(C(=O)O)cc(N2CC(N)CC2=O)c1. The molecule has 0 aliphatic carbocycles. The number of nitrogens with zero attached hydrogens (tertiary/aromatic N) is 1. The number of rotatable bonds is 2. The first-order valence-corrected chi connectivity index (χ1v) is 5.17. The Morgan fingerprint density at radius 2 is 2.12 bits per heavy atom. The van der Waals surface area contributed by atoms with Crippen LogP contribution in [0.15, 0.2) is 18.2 Å². The Labute approximate surface area is 97.8 Å². The molecule has 5 N–H and O–H groups in total. The number of nitrogens with two attached hydrogens (primary N) is 2. The van der Waals surface area contributed by atoms with Gasteiger partial charge in [0.25, 0.3) is 0 Å². The molecule has 1 saturated heterocycles. The lowest BCUT2D eigenvalue weighted by molar-refractivity contribution is -0.117. The molecule has 0 saturated carbocycles. The predicted molar refractivity (Wildman–Crippen MR) is 62.8 cm³/mol. The first-order valence-electron chi connectivity index (χ1n) is 5.17. The van der Waals surface area contributed by atoms with Crippen molar-refractivity contribution in [2.45, 2.75) is 12.5 Å². The minimum Gasteiger partial charge on any atom is -0.478 e. The largest absolute Gasteiger partial charge is 0.478 e. The van der Waals surface area contributed by atoms with E-state index in [1.807, 2.05) is 0 Å². The van der Waals surface area contributed by atoms with Gasteiger partial charge < -0.3 is 21.5 Å². The Bertz CT molecular complexity index is 487. The summed E-state index contributed by atoms with van der Waals surface area (Å²) in [7, 11) is 0. The number of benzene rings is 1. The number of hydrogen-bond acceptors (Lipinski definition) is 4. The maximum atomic E-state index is 11.6. The fourth-order valence-electron chi connectivity index (χ4n) is 1.90. The smallest absolute Gasteiger partial charge is 0.335 e. The van der Waals surface area contributed by atoms with Crippen LogP contribution in [0.2, 0.25) is 0 Å². The molecule has 6 heteroatoms. The minimum absolute atomic E-state index is 0.0632. The van der Waals surface area contributed by atoms with Crippen LogP contribution in [0.5, 0.6) is 0 Å². The molecule has 0 aromatic heterocycles. The normalized spacial score (nSPS) is 19.7. The van der Waals surface area contributed by atoms with Gasteiger partial charge in [-0.05, 0) is 18.2 Å². The van der Waals surface area contributed by atoms with Crippen LogP contribution >= 0.6 is 0 Å². The van der Waals surface area contributed by atoms with Crippen molar-refractivity contribution in [3.63, 3.8) is 0 Å². The lowest BCUT2D eigenvalue weighted by atomic mass is 10.1. The van der Waals surface area contributed by atoms with E-state index in [1.165, 1.54) is 17.0 Å². The lowest BCUT2D eigenvalue weighted by Gasteiger charge is -2.17. The summed E-state index contributed by atoms with van der Waals surface area (Å²) >= 11 is 0. The molecule has 1 fully saturated rings. The standard InChI is InChI=1S/C11H13N3O3/c12-7-1-6(11(16)17)2-9(3-7)14-5-8(13)4-10(14)15/h1-3,8H,4-5,12-13H2,(H,16,17). The van der Waals surface area contributed by atoms with Gasteiger partial charge >= 0.3 is 5.97 Å². The summed E-state index contributed by atoms with van der Waals surface area (Å²) in [4.78, 5) is 24.0. The molecule has 1 aromatic rings. The maximum absolute atomic E-state index is 11.6. The number of hydrogen-bond donors (Lipinski definition) is 3. The van der Waals surface area contributed by atoms with Gasteiger partial charge in [0, 0.05) is 30.4 Å². The zero-order valence-corrected chi connectivity index (χ0v) is 9.09. The molecule has 90 valence electrons. The lowest BCUT2D eigenvalue weighted by Crippen LogP contribution is -2.28. The number of carbonyl (C=O) groups excluding carboxylic acids is 1. The summed E-state index contributed by atoms with van der Waals surface area (Å²) in [5.74, 6) is -1.19. The molecule has 1 heterocycles. The van der Waals surface area contributed by atoms with Crippen molar-refractivity contribution in [2.24, 2.45) is 5.73 Å². The summed E-state index contributed by atoms with van der Waals surface area (Å²) in [6.07, 6.45) is 0.275. The Morgan fingerprint density at radius 3 is 2.65 bits per heavy atom. The molecule has 1 unspecified atom stereocenters. The van der Waals surface area contributed by atoms with Crippen molar-refractivity contribution in [1.82, 2.24) is 0 Å². The molecule has 1 atom stereocenters. The van der Waals surface area contributed by atoms with E-state index in [1.54, 1.807) is 6.07 Å². The topological polar surface area (TPSA) is 110 Å². The molecular weight excluding hydrogens is 222 g/mol. The van der Waals surface area contributed by atoms with Gasteiger partial charge in [0.05, 0.1) is 5.56 Å². The van der Waals surface area contributed by atoms with Gasteiger partial charge in [0.15, 0.2) is 0 Å². The number of carboxylic acids is 1. The zero-order chi connectivity index (χ0) is 12.6. The Hall–Kier alpha value is -2.08. The molecular formula is C11H13N3O3. The van der Waals surface area contributed by atoms with E-state index in [4.69, 9.17) is 16.6 Å². The van der Waals surface area contributed by atoms with E-state index in [-0.39, 0.29) is 23.9 Å². The van der Waals surface area contributed by atoms with Crippen molar-refractivity contribution in [3.8, 4) is 0 Å². The molecule has 2 rings (SSSR count). The van der Waals surface area contributed by atoms with Gasteiger partial charge in [-0.1, -0.05) is 0 Å². The molecule has 0 spiro atoms. The molecule has 1 amide bonds. The van der Waals surface area contributed by atoms with Gasteiger partial charge in [-0.25, -0.2) is 4.79 Å². The van der Waals surface area contributed by atoms with Gasteiger partial charge in [0.1, 0.15) is 0 Å². The highest BCUT2D eigenvalue weighted by molar-refractivity contribution is 5.98. The highest BCUT2D eigenvalue weighted by Crippen LogP contribution is 2.24. The molecule has 6 nitrogen and oxygen atoms in total. The zero-order valence-electron chi connectivity index (χ0n) is 9.09. The van der Waals surface area contributed by atoms with Gasteiger partial charge in [-0.15, -0.1) is 0 Å². The predicted octanol–water partition coefficient (Wildman–Crippen LogP) is 0.0310. The number of aromatic carboxylic acids is 1. The van der Waals surface area contributed by atoms with Crippen molar-refractivity contribution in [1.29, 1.82) is 0 Å². The Balaban J connectivity index is 2.39. The van der Waals surface area contributed by atoms with E-state index in [9.17, 15) is 9.59 Å². The average molecular weight is 235 g/mol. The van der Waals surface area contributed by atoms with Crippen molar-refractivity contribution in [3.05, 3.63) is 23.8 Å². The van der Waals surface area contributed by atoms with Crippen LogP contribution in [-0.4, -0.2) is 29.6 Å². The van der Waals surface area contributed by atoms with Crippen LogP contribution < -0.4 is 16.4 Å². The minimum atomic E-state index is -1.07. The van der Waals surface area contributed by atoms with E-state index in [0.29, 0.717) is 17.9 Å². The molecule has 1 aliphatic rings. The van der Waals surface area contributed by atoms with Crippen LogP contribution in [0.4, 0.5) is 11.4 Å². The summed E-state index contributed by atoms with van der Waals surface area (Å²) in [6, 6.07) is 4.14. The summed E-state index contributed by atoms with van der Waals surface area (Å²) < 4.78 is 0. The molecule has 1 aliphatic heterocycles. The van der Waals surface area contributed by atoms with Crippen molar-refractivity contribution >= 4 is 23.3 Å². The van der Waals surface area contributed by atoms with E-state index in [2.05, 4.69) is 0 Å². The second-order valence-corrected chi connectivity index (χ2v) is 4.09. The molecule has 0 radical (unpaired) electrons. The van der Waals surface area contributed by atoms with Crippen LogP contribution in [0.3, 0.4) is 0 Å². The van der Waals surface area contributed by atoms with Crippen LogP contribution in [0.1, 0.15) is 16.8 Å². The highest BCUT2D eigenvalue weighted by Gasteiger charge is 2.28. The highest BCUT2D eigenvalue weighted by atomic mass is 16.4. The van der Waals surface area contributed by atoms with Crippen LogP contribution in [0.25, 0.3) is 0 Å². The third kappa shape index (κ3) is 2.21. The van der Waals surface area contributed by atoms with Crippen LogP contribution in [-0.2, 0) is 4.79 Å². The second-order valence-electron chi connectivity index (χ2n) is 4.09. The third-order valence-corrected chi connectivity index (χ3v) is 2.65. The van der Waals surface area contributed by atoms with E-state index < -0.39 is 5.97 Å². The fourth-order valence-corrected chi connectivity index (χ4v) is 1.90. The second kappa shape index (κ2) is 4.06. The summed E-state index contributed by atoms with van der Waals surface area (Å²) in [5, 5.41) is 8.91. The number of carboxylic acid groups (broad SMARTS) is 1. The number of anilines is 2. The van der Waals surface area contributed by atoms with Crippen LogP contribution in [0, 0.1) is 0 Å². The van der Waals surface area contributed by atoms with Crippen molar-refractivity contribution < 1.29 is 14.7 Å². The first kappa shape index (κ1) is 11.4. The van der Waals surface area contributed by atoms with Gasteiger partial charge in [-0.3, -0.25) is 4.79 Å². The summed E-state index contributed by atoms with van der Waals surface area (Å²) in [5.41, 5.74) is 12.2. The molecule has 0 bridgehead atoms. The number of nitrogen functional groups attached to an aromatic ring is 1. The quantitative estimate of drug-likeness (QED) is 0.626. The van der Waals surface area contributed by atoms with Gasteiger partial charge in [0.2, 0.25) is 5.91 Å². The Kier molecular flexibility index (Phi) is 2.72. The first-order chi connectivity index (χ1) is 7.97. The monoisotopic (exact) mass is 235 g/mol. The summed E-state index contributed by atoms with van der Waals surface area (Å²) in [6.45, 7) is 0.390. The molecule has 17 heavy (non-hydrogen) atoms. The number of carbonyl (C=O) groups is 2. The van der Waals surface area contributed by atoms with E-state index in [0.717, 1.165) is 0 Å². The van der Waals surface area contributed by atoms with E-state index >= 15 is 0 Å². The van der Waals surface area contributed by atoms with Crippen molar-refractivity contribution in [2.75, 3.05) is 17.2 Å².